The van der Waals surface area contributed by atoms with Gasteiger partial charge >= 0.3 is 8.80 Å². The molecule has 10 heteroatoms. The molecule has 3 fully saturated rings. The molecule has 0 bridgehead atoms. The van der Waals surface area contributed by atoms with Gasteiger partial charge in [-0.3, -0.25) is 28.8 Å². The maximum atomic E-state index is 12.9. The zero-order valence-corrected chi connectivity index (χ0v) is 22.9. The van der Waals surface area contributed by atoms with Crippen molar-refractivity contribution in [3.8, 4) is 0 Å². The molecule has 3 rings (SSSR count). The lowest BCUT2D eigenvalue weighted by Gasteiger charge is -2.40. The van der Waals surface area contributed by atoms with Crippen molar-refractivity contribution in [2.45, 2.75) is 98.4 Å². The van der Waals surface area contributed by atoms with Gasteiger partial charge in [-0.25, -0.2) is 0 Å². The number of hydrogen-bond acceptors (Lipinski definition) is 9. The summed E-state index contributed by atoms with van der Waals surface area (Å²) in [4.78, 5) is 77.3. The van der Waals surface area contributed by atoms with Gasteiger partial charge in [0.1, 0.15) is 0 Å². The molecule has 36 heavy (non-hydrogen) atoms. The third-order valence-corrected chi connectivity index (χ3v) is 8.96. The molecular formula is C26H36O9Si. The average Bonchev–Trinajstić information content (AvgIpc) is 2.67. The van der Waals surface area contributed by atoms with Crippen LogP contribution in [0.25, 0.3) is 0 Å². The maximum absolute atomic E-state index is 12.9. The number of carbonyl (C=O) groups is 6. The van der Waals surface area contributed by atoms with Crippen molar-refractivity contribution in [1.29, 1.82) is 0 Å². The van der Waals surface area contributed by atoms with Crippen molar-refractivity contribution in [3.63, 3.8) is 0 Å². The molecule has 0 radical (unpaired) electrons. The van der Waals surface area contributed by atoms with Crippen molar-refractivity contribution in [2.75, 3.05) is 0 Å². The minimum Gasteiger partial charge on any atom is -0.352 e. The van der Waals surface area contributed by atoms with E-state index in [9.17, 15) is 28.8 Å². The Kier molecular flexibility index (Phi) is 7.60. The number of rotatable bonds is 7. The van der Waals surface area contributed by atoms with E-state index in [-0.39, 0.29) is 38.5 Å². The molecule has 0 aliphatic heterocycles. The Balaban J connectivity index is 1.97. The van der Waals surface area contributed by atoms with Crippen molar-refractivity contribution >= 4 is 43.5 Å². The highest BCUT2D eigenvalue weighted by molar-refractivity contribution is 6.67. The van der Waals surface area contributed by atoms with Gasteiger partial charge in [-0.1, -0.05) is 48.1 Å². The monoisotopic (exact) mass is 520 g/mol. The van der Waals surface area contributed by atoms with Crippen LogP contribution in [0.2, 0.25) is 0 Å². The van der Waals surface area contributed by atoms with E-state index in [0.717, 1.165) is 5.70 Å². The Bertz CT molecular complexity index is 841. The van der Waals surface area contributed by atoms with E-state index in [2.05, 4.69) is 6.58 Å². The van der Waals surface area contributed by atoms with Gasteiger partial charge in [0.2, 0.25) is 0 Å². The van der Waals surface area contributed by atoms with Crippen LogP contribution < -0.4 is 0 Å². The Morgan fingerprint density at radius 2 is 0.750 bits per heavy atom. The highest BCUT2D eigenvalue weighted by Crippen LogP contribution is 2.38. The summed E-state index contributed by atoms with van der Waals surface area (Å²) in [5.74, 6) is -3.04. The second-order valence-corrected chi connectivity index (χ2v) is 15.0. The zero-order valence-electron chi connectivity index (χ0n) is 21.9. The molecule has 0 heterocycles. The second-order valence-electron chi connectivity index (χ2n) is 12.7. The van der Waals surface area contributed by atoms with Gasteiger partial charge in [0.05, 0.1) is 0 Å². The van der Waals surface area contributed by atoms with Gasteiger partial charge in [0.15, 0.2) is 53.0 Å². The molecule has 9 nitrogen and oxygen atoms in total. The smallest absolute Gasteiger partial charge is 0.352 e. The highest BCUT2D eigenvalue weighted by atomic mass is 28.4. The maximum Gasteiger partial charge on any atom is 0.531 e. The first-order valence-corrected chi connectivity index (χ1v) is 14.0. The Hall–Kier alpha value is -2.14. The van der Waals surface area contributed by atoms with Crippen LogP contribution >= 0.6 is 0 Å². The fourth-order valence-electron chi connectivity index (χ4n) is 5.23. The first-order valence-electron chi connectivity index (χ1n) is 12.2. The average molecular weight is 521 g/mol. The van der Waals surface area contributed by atoms with E-state index < -0.39 is 78.1 Å². The Morgan fingerprint density at radius 3 is 0.917 bits per heavy atom. The Labute approximate surface area is 212 Å². The summed E-state index contributed by atoms with van der Waals surface area (Å²) in [6.07, 6.45) is -4.40. The fourth-order valence-corrected chi connectivity index (χ4v) is 7.46. The van der Waals surface area contributed by atoms with Gasteiger partial charge in [-0.15, -0.1) is 0 Å². The number of hydrogen-bond donors (Lipinski definition) is 0. The quantitative estimate of drug-likeness (QED) is 0.367. The third kappa shape index (κ3) is 6.22. The summed E-state index contributed by atoms with van der Waals surface area (Å²) in [6, 6.07) is 0. The molecule has 0 atom stereocenters. The molecule has 0 N–H and O–H groups in total. The van der Waals surface area contributed by atoms with Crippen LogP contribution in [-0.2, 0) is 42.0 Å². The molecule has 198 valence electrons. The van der Waals surface area contributed by atoms with Crippen LogP contribution in [0, 0.1) is 16.2 Å². The summed E-state index contributed by atoms with van der Waals surface area (Å²) < 4.78 is 17.8. The fraction of sp³-hybridized carbons (Fsp3) is 0.692. The molecule has 0 spiro atoms. The first-order chi connectivity index (χ1) is 16.4. The topological polar surface area (TPSA) is 130 Å². The number of Topliss-reactive ketones (excluding diaryl/α,β-unsaturated/α-hetero) is 6. The molecular weight excluding hydrogens is 484 g/mol. The molecule has 3 aliphatic carbocycles. The highest BCUT2D eigenvalue weighted by Gasteiger charge is 2.56. The molecule has 3 aliphatic rings. The van der Waals surface area contributed by atoms with Crippen LogP contribution in [0.4, 0.5) is 0 Å². The van der Waals surface area contributed by atoms with Crippen LogP contribution in [0.1, 0.15) is 80.1 Å². The van der Waals surface area contributed by atoms with Gasteiger partial charge in [-0.2, -0.15) is 0 Å². The minimum absolute atomic E-state index is 0.0516. The van der Waals surface area contributed by atoms with E-state index >= 15 is 0 Å². The van der Waals surface area contributed by atoms with Crippen molar-refractivity contribution in [3.05, 3.63) is 12.3 Å². The van der Waals surface area contributed by atoms with E-state index in [1.807, 2.05) is 0 Å². The van der Waals surface area contributed by atoms with Crippen LogP contribution in [0.5, 0.6) is 0 Å². The standard InChI is InChI=1S/C26H36O9Si/c1-8-36(33-21-15(27)9-24(2,3)10-16(21)28,34-22-17(29)11-25(4,5)12-18(22)30)35-23-19(31)13-26(6,7)14-20(23)32/h8,21-23H,1,9-14H2,2-7H3. The predicted molar refractivity (Wildman–Crippen MR) is 130 cm³/mol. The summed E-state index contributed by atoms with van der Waals surface area (Å²) in [5, 5.41) is 0. The number of ketones is 6. The molecule has 0 aromatic rings. The summed E-state index contributed by atoms with van der Waals surface area (Å²) >= 11 is 0. The molecule has 0 aromatic carbocycles. The Morgan fingerprint density at radius 1 is 0.556 bits per heavy atom. The molecule has 0 unspecified atom stereocenters. The van der Waals surface area contributed by atoms with Gasteiger partial charge in [0.25, 0.3) is 0 Å². The molecule has 0 aromatic heterocycles. The summed E-state index contributed by atoms with van der Waals surface area (Å²) in [7, 11) is -4.48. The lowest BCUT2D eigenvalue weighted by atomic mass is 9.75. The van der Waals surface area contributed by atoms with E-state index in [0.29, 0.717) is 0 Å². The predicted octanol–water partition coefficient (Wildman–Crippen LogP) is 2.68. The van der Waals surface area contributed by atoms with Crippen molar-refractivity contribution in [1.82, 2.24) is 0 Å². The van der Waals surface area contributed by atoms with E-state index in [4.69, 9.17) is 13.3 Å². The van der Waals surface area contributed by atoms with Crippen molar-refractivity contribution in [2.24, 2.45) is 16.2 Å². The second kappa shape index (κ2) is 9.63. The molecule has 0 saturated heterocycles. The SMILES string of the molecule is C=C[Si](OC1C(=O)CC(C)(C)CC1=O)(OC1C(=O)CC(C)(C)CC1=O)OC1C(=O)CC(C)(C)CC1=O. The van der Waals surface area contributed by atoms with Crippen LogP contribution in [0.3, 0.4) is 0 Å². The lowest BCUT2D eigenvalue weighted by molar-refractivity contribution is -0.154. The van der Waals surface area contributed by atoms with Gasteiger partial charge in [-0.05, 0) is 21.9 Å². The first kappa shape index (κ1) is 28.4. The lowest BCUT2D eigenvalue weighted by Crippen LogP contribution is -2.61. The van der Waals surface area contributed by atoms with Gasteiger partial charge in [0, 0.05) is 38.5 Å². The summed E-state index contributed by atoms with van der Waals surface area (Å²) in [6.45, 7) is 14.4. The molecule has 0 amide bonds. The molecule has 3 saturated carbocycles. The van der Waals surface area contributed by atoms with E-state index in [1.165, 1.54) is 0 Å². The van der Waals surface area contributed by atoms with Crippen molar-refractivity contribution < 1.29 is 42.0 Å². The largest absolute Gasteiger partial charge is 0.531 e. The third-order valence-electron chi connectivity index (χ3n) is 6.77. The van der Waals surface area contributed by atoms with Crippen LogP contribution in [0.15, 0.2) is 12.3 Å². The normalized spacial score (nSPS) is 25.9. The van der Waals surface area contributed by atoms with Gasteiger partial charge < -0.3 is 13.3 Å². The number of carbonyl (C=O) groups excluding carboxylic acids is 6. The summed E-state index contributed by atoms with van der Waals surface area (Å²) in [5.41, 5.74) is -0.602. The van der Waals surface area contributed by atoms with Crippen LogP contribution in [-0.4, -0.2) is 61.8 Å². The minimum atomic E-state index is -4.48. The van der Waals surface area contributed by atoms with E-state index in [1.54, 1.807) is 41.5 Å². The zero-order chi connectivity index (χ0) is 27.3.